The molecular weight excluding hydrogens is 220 g/mol. The van der Waals surface area contributed by atoms with Crippen molar-refractivity contribution in [1.29, 1.82) is 0 Å². The van der Waals surface area contributed by atoms with Gasteiger partial charge < -0.3 is 4.42 Å². The zero-order valence-corrected chi connectivity index (χ0v) is 11.2. The van der Waals surface area contributed by atoms with Gasteiger partial charge in [-0.2, -0.15) is 0 Å². The largest absolute Gasteiger partial charge is 0.461 e. The predicted octanol–water partition coefficient (Wildman–Crippen LogP) is 5.46. The fourth-order valence-corrected chi connectivity index (χ4v) is 2.17. The Kier molecular flexibility index (Phi) is 5.07. The summed E-state index contributed by atoms with van der Waals surface area (Å²) in [5.74, 6) is 2.10. The van der Waals surface area contributed by atoms with Crippen molar-refractivity contribution >= 4 is 0 Å². The van der Waals surface area contributed by atoms with E-state index in [9.17, 15) is 0 Å². The van der Waals surface area contributed by atoms with Crippen molar-refractivity contribution in [1.82, 2.24) is 0 Å². The summed E-state index contributed by atoms with van der Waals surface area (Å²) in [6, 6.07) is 14.5. The van der Waals surface area contributed by atoms with Crippen LogP contribution in [0.3, 0.4) is 0 Å². The van der Waals surface area contributed by atoms with Gasteiger partial charge in [-0.3, -0.25) is 0 Å². The van der Waals surface area contributed by atoms with E-state index in [0.717, 1.165) is 23.5 Å². The Hall–Kier alpha value is -1.50. The zero-order chi connectivity index (χ0) is 12.6. The van der Waals surface area contributed by atoms with E-state index in [-0.39, 0.29) is 0 Å². The van der Waals surface area contributed by atoms with Crippen molar-refractivity contribution in [3.8, 4) is 11.3 Å². The van der Waals surface area contributed by atoms with E-state index in [1.54, 1.807) is 0 Å². The monoisotopic (exact) mass is 242 g/mol. The van der Waals surface area contributed by atoms with Crippen LogP contribution in [-0.2, 0) is 6.42 Å². The highest BCUT2D eigenvalue weighted by Gasteiger charge is 2.03. The fourth-order valence-electron chi connectivity index (χ4n) is 2.17. The molecule has 0 fully saturated rings. The summed E-state index contributed by atoms with van der Waals surface area (Å²) in [5.41, 5.74) is 1.16. The topological polar surface area (TPSA) is 13.1 Å². The number of furan rings is 1. The Morgan fingerprint density at radius 1 is 0.833 bits per heavy atom. The van der Waals surface area contributed by atoms with Crippen molar-refractivity contribution in [3.05, 3.63) is 48.2 Å². The normalized spacial score (nSPS) is 10.7. The van der Waals surface area contributed by atoms with Gasteiger partial charge in [0.25, 0.3) is 0 Å². The van der Waals surface area contributed by atoms with E-state index in [0.29, 0.717) is 0 Å². The van der Waals surface area contributed by atoms with Crippen LogP contribution in [0.1, 0.15) is 44.8 Å². The summed E-state index contributed by atoms with van der Waals surface area (Å²) in [4.78, 5) is 0. The van der Waals surface area contributed by atoms with E-state index < -0.39 is 0 Å². The molecule has 1 aromatic heterocycles. The van der Waals surface area contributed by atoms with Crippen molar-refractivity contribution in [2.24, 2.45) is 0 Å². The van der Waals surface area contributed by atoms with Crippen molar-refractivity contribution in [3.63, 3.8) is 0 Å². The van der Waals surface area contributed by atoms with Crippen LogP contribution in [0.4, 0.5) is 0 Å². The first-order valence-corrected chi connectivity index (χ1v) is 7.04. The average molecular weight is 242 g/mol. The summed E-state index contributed by atoms with van der Waals surface area (Å²) >= 11 is 0. The highest BCUT2D eigenvalue weighted by atomic mass is 16.3. The molecule has 2 rings (SSSR count). The minimum Gasteiger partial charge on any atom is -0.461 e. The molecule has 0 saturated heterocycles. The second-order valence-electron chi connectivity index (χ2n) is 4.80. The Labute approximate surface area is 110 Å². The lowest BCUT2D eigenvalue weighted by atomic mass is 10.1. The predicted molar refractivity (Wildman–Crippen MR) is 76.6 cm³/mol. The first-order chi connectivity index (χ1) is 8.90. The average Bonchev–Trinajstić information content (AvgIpc) is 2.88. The third kappa shape index (κ3) is 3.76. The molecule has 2 aromatic rings. The third-order valence-corrected chi connectivity index (χ3v) is 3.25. The van der Waals surface area contributed by atoms with Crippen LogP contribution in [0.15, 0.2) is 46.9 Å². The smallest absolute Gasteiger partial charge is 0.134 e. The number of benzene rings is 1. The molecule has 0 atom stereocenters. The van der Waals surface area contributed by atoms with Gasteiger partial charge in [0.05, 0.1) is 0 Å². The molecule has 0 bridgehead atoms. The lowest BCUT2D eigenvalue weighted by Gasteiger charge is -1.99. The van der Waals surface area contributed by atoms with Crippen LogP contribution in [0.2, 0.25) is 0 Å². The van der Waals surface area contributed by atoms with Crippen LogP contribution in [0, 0.1) is 0 Å². The minimum absolute atomic E-state index is 0.985. The molecule has 18 heavy (non-hydrogen) atoms. The van der Waals surface area contributed by atoms with Gasteiger partial charge in [0.2, 0.25) is 0 Å². The second kappa shape index (κ2) is 7.05. The molecule has 0 spiro atoms. The van der Waals surface area contributed by atoms with E-state index in [1.807, 2.05) is 18.2 Å². The molecule has 96 valence electrons. The van der Waals surface area contributed by atoms with Gasteiger partial charge in [-0.05, 0) is 18.6 Å². The molecule has 0 saturated carbocycles. The van der Waals surface area contributed by atoms with Gasteiger partial charge in [-0.1, -0.05) is 62.9 Å². The standard InChI is InChI=1S/C17H22O/c1-2-3-4-5-9-12-16-13-14-17(18-16)15-10-7-6-8-11-15/h6-8,10-11,13-14H,2-5,9,12H2,1H3. The number of hydrogen-bond donors (Lipinski definition) is 0. The summed E-state index contributed by atoms with van der Waals surface area (Å²) in [7, 11) is 0. The summed E-state index contributed by atoms with van der Waals surface area (Å²) in [5, 5.41) is 0. The van der Waals surface area contributed by atoms with Crippen molar-refractivity contribution < 1.29 is 4.42 Å². The van der Waals surface area contributed by atoms with Crippen molar-refractivity contribution in [2.45, 2.75) is 45.4 Å². The maximum atomic E-state index is 5.88. The van der Waals surface area contributed by atoms with Crippen LogP contribution in [0.25, 0.3) is 11.3 Å². The second-order valence-corrected chi connectivity index (χ2v) is 4.80. The molecule has 0 unspecified atom stereocenters. The van der Waals surface area contributed by atoms with E-state index in [4.69, 9.17) is 4.42 Å². The van der Waals surface area contributed by atoms with E-state index in [2.05, 4.69) is 31.2 Å². The Bertz CT molecular complexity index is 442. The number of unbranched alkanes of at least 4 members (excludes halogenated alkanes) is 4. The molecule has 0 N–H and O–H groups in total. The molecule has 0 aliphatic rings. The lowest BCUT2D eigenvalue weighted by Crippen LogP contribution is -1.83. The van der Waals surface area contributed by atoms with Gasteiger partial charge in [0.1, 0.15) is 11.5 Å². The number of rotatable bonds is 7. The third-order valence-electron chi connectivity index (χ3n) is 3.25. The molecule has 1 aromatic carbocycles. The maximum absolute atomic E-state index is 5.88. The fraction of sp³-hybridized carbons (Fsp3) is 0.412. The Morgan fingerprint density at radius 2 is 1.61 bits per heavy atom. The minimum atomic E-state index is 0.985. The molecule has 1 heterocycles. The Balaban J connectivity index is 1.83. The quantitative estimate of drug-likeness (QED) is 0.588. The van der Waals surface area contributed by atoms with Crippen LogP contribution in [-0.4, -0.2) is 0 Å². The molecule has 0 aliphatic carbocycles. The van der Waals surface area contributed by atoms with Crippen molar-refractivity contribution in [2.75, 3.05) is 0 Å². The lowest BCUT2D eigenvalue weighted by molar-refractivity contribution is 0.503. The first kappa shape index (κ1) is 12.9. The van der Waals surface area contributed by atoms with Gasteiger partial charge >= 0.3 is 0 Å². The number of hydrogen-bond acceptors (Lipinski definition) is 1. The summed E-state index contributed by atoms with van der Waals surface area (Å²) < 4.78 is 5.88. The van der Waals surface area contributed by atoms with E-state index in [1.165, 1.54) is 32.1 Å². The van der Waals surface area contributed by atoms with Crippen LogP contribution in [0.5, 0.6) is 0 Å². The zero-order valence-electron chi connectivity index (χ0n) is 11.2. The highest BCUT2D eigenvalue weighted by Crippen LogP contribution is 2.22. The molecule has 0 aliphatic heterocycles. The maximum Gasteiger partial charge on any atom is 0.134 e. The highest BCUT2D eigenvalue weighted by molar-refractivity contribution is 5.57. The van der Waals surface area contributed by atoms with Gasteiger partial charge in [-0.25, -0.2) is 0 Å². The molecule has 0 amide bonds. The van der Waals surface area contributed by atoms with Gasteiger partial charge in [-0.15, -0.1) is 0 Å². The molecule has 1 nitrogen and oxygen atoms in total. The van der Waals surface area contributed by atoms with Crippen LogP contribution >= 0.6 is 0 Å². The molecular formula is C17H22O. The van der Waals surface area contributed by atoms with Crippen LogP contribution < -0.4 is 0 Å². The molecule has 0 radical (unpaired) electrons. The number of aryl methyl sites for hydroxylation is 1. The van der Waals surface area contributed by atoms with Gasteiger partial charge in [0.15, 0.2) is 0 Å². The van der Waals surface area contributed by atoms with E-state index >= 15 is 0 Å². The summed E-state index contributed by atoms with van der Waals surface area (Å²) in [6.45, 7) is 2.25. The SMILES string of the molecule is CCCCCCCc1ccc(-c2ccccc2)o1. The summed E-state index contributed by atoms with van der Waals surface area (Å²) in [6.07, 6.45) is 7.63. The first-order valence-electron chi connectivity index (χ1n) is 7.04. The molecule has 1 heteroatoms. The Morgan fingerprint density at radius 3 is 2.39 bits per heavy atom. The van der Waals surface area contributed by atoms with Gasteiger partial charge in [0, 0.05) is 12.0 Å².